The van der Waals surface area contributed by atoms with Gasteiger partial charge in [-0.1, -0.05) is 0 Å². The first kappa shape index (κ1) is 18.0. The van der Waals surface area contributed by atoms with Crippen LogP contribution in [0.5, 0.6) is 0 Å². The quantitative estimate of drug-likeness (QED) is 0.583. The van der Waals surface area contributed by atoms with E-state index in [1.807, 2.05) is 4.72 Å². The Kier molecular flexibility index (Phi) is 7.79. The van der Waals surface area contributed by atoms with Crippen molar-refractivity contribution in [3.05, 3.63) is 0 Å². The second-order valence-corrected chi connectivity index (χ2v) is 6.28. The number of aliphatic carboxylic acids is 1. The van der Waals surface area contributed by atoms with E-state index in [4.69, 9.17) is 5.11 Å². The van der Waals surface area contributed by atoms with Crippen LogP contribution in [0, 0.1) is 0 Å². The van der Waals surface area contributed by atoms with Crippen molar-refractivity contribution in [1.82, 2.24) is 9.44 Å². The lowest BCUT2D eigenvalue weighted by molar-refractivity contribution is -0.139. The molecule has 1 unspecified atom stereocenters. The molecular formula is C9H18N2O6S2. The predicted molar refractivity (Wildman–Crippen MR) is 71.2 cm³/mol. The van der Waals surface area contributed by atoms with Crippen LogP contribution in [0.15, 0.2) is 0 Å². The summed E-state index contributed by atoms with van der Waals surface area (Å²) in [5.41, 5.74) is 0. The zero-order valence-electron chi connectivity index (χ0n) is 10.9. The lowest BCUT2D eigenvalue weighted by atomic mass is 10.2. The maximum Gasteiger partial charge on any atom is 0.422 e. The van der Waals surface area contributed by atoms with Gasteiger partial charge in [0.1, 0.15) is 6.04 Å². The maximum atomic E-state index is 11.5. The zero-order valence-corrected chi connectivity index (χ0v) is 12.5. The van der Waals surface area contributed by atoms with Gasteiger partial charge in [0.05, 0.1) is 6.10 Å². The van der Waals surface area contributed by atoms with E-state index in [0.717, 1.165) is 0 Å². The van der Waals surface area contributed by atoms with Gasteiger partial charge in [-0.2, -0.15) is 24.9 Å². The lowest BCUT2D eigenvalue weighted by Crippen LogP contribution is -2.48. The van der Waals surface area contributed by atoms with Crippen LogP contribution in [-0.4, -0.2) is 49.7 Å². The van der Waals surface area contributed by atoms with Crippen LogP contribution >= 0.6 is 11.8 Å². The van der Waals surface area contributed by atoms with Gasteiger partial charge < -0.3 is 9.84 Å². The molecule has 0 aromatic carbocycles. The van der Waals surface area contributed by atoms with Crippen LogP contribution in [0.1, 0.15) is 20.3 Å². The summed E-state index contributed by atoms with van der Waals surface area (Å²) >= 11 is 1.39. The van der Waals surface area contributed by atoms with Crippen molar-refractivity contribution in [3.8, 4) is 0 Å². The lowest BCUT2D eigenvalue weighted by Gasteiger charge is -2.15. The van der Waals surface area contributed by atoms with Crippen LogP contribution in [-0.2, 0) is 19.7 Å². The van der Waals surface area contributed by atoms with Gasteiger partial charge in [-0.25, -0.2) is 9.52 Å². The fraction of sp³-hybridized carbons (Fsp3) is 0.778. The van der Waals surface area contributed by atoms with E-state index < -0.39 is 34.4 Å². The molecule has 3 N–H and O–H groups in total. The summed E-state index contributed by atoms with van der Waals surface area (Å²) in [7, 11) is -4.27. The molecule has 0 aliphatic heterocycles. The minimum absolute atomic E-state index is 0.108. The Morgan fingerprint density at radius 3 is 2.37 bits per heavy atom. The van der Waals surface area contributed by atoms with Gasteiger partial charge in [0.15, 0.2) is 0 Å². The van der Waals surface area contributed by atoms with Crippen molar-refractivity contribution in [3.63, 3.8) is 0 Å². The summed E-state index contributed by atoms with van der Waals surface area (Å²) in [5.74, 6) is -0.840. The molecule has 1 amide bonds. The van der Waals surface area contributed by atoms with E-state index in [1.165, 1.54) is 11.8 Å². The topological polar surface area (TPSA) is 122 Å². The Balaban J connectivity index is 4.55. The van der Waals surface area contributed by atoms with E-state index in [-0.39, 0.29) is 6.42 Å². The predicted octanol–water partition coefficient (Wildman–Crippen LogP) is 0.162. The molecular weight excluding hydrogens is 296 g/mol. The molecule has 0 aromatic rings. The summed E-state index contributed by atoms with van der Waals surface area (Å²) in [6.07, 6.45) is 0.237. The van der Waals surface area contributed by atoms with Gasteiger partial charge in [0.2, 0.25) is 0 Å². The van der Waals surface area contributed by atoms with Gasteiger partial charge >= 0.3 is 22.3 Å². The zero-order chi connectivity index (χ0) is 15.1. The number of carboxylic acid groups (broad SMARTS) is 1. The molecule has 0 aliphatic carbocycles. The van der Waals surface area contributed by atoms with E-state index >= 15 is 0 Å². The van der Waals surface area contributed by atoms with E-state index in [1.54, 1.807) is 24.8 Å². The molecule has 10 heteroatoms. The Labute approximate surface area is 116 Å². The standard InChI is InChI=1S/C9H18N2O6S2/c1-6(2)17-9(14)11-19(15,16)10-7(8(12)13)4-5-18-3/h6-7,10H,4-5H2,1-3H3,(H,11,14)(H,12,13). The van der Waals surface area contributed by atoms with Gasteiger partial charge in [-0.3, -0.25) is 4.79 Å². The number of nitrogens with one attached hydrogen (secondary N) is 2. The molecule has 0 spiro atoms. The fourth-order valence-corrected chi connectivity index (χ4v) is 2.42. The third-order valence-electron chi connectivity index (χ3n) is 1.77. The van der Waals surface area contributed by atoms with Crippen molar-refractivity contribution >= 4 is 34.0 Å². The number of carbonyl (C=O) groups excluding carboxylic acids is 1. The van der Waals surface area contributed by atoms with Crippen molar-refractivity contribution in [2.45, 2.75) is 32.4 Å². The first-order valence-corrected chi connectivity index (χ1v) is 8.28. The highest BCUT2D eigenvalue weighted by Gasteiger charge is 2.25. The van der Waals surface area contributed by atoms with Crippen LogP contribution < -0.4 is 9.44 Å². The molecule has 1 atom stereocenters. The first-order valence-electron chi connectivity index (χ1n) is 5.40. The molecule has 19 heavy (non-hydrogen) atoms. The van der Waals surface area contributed by atoms with E-state index in [0.29, 0.717) is 5.75 Å². The molecule has 0 saturated heterocycles. The molecule has 0 aromatic heterocycles. The number of carbonyl (C=O) groups is 2. The van der Waals surface area contributed by atoms with Crippen molar-refractivity contribution in [2.75, 3.05) is 12.0 Å². The van der Waals surface area contributed by atoms with Gasteiger partial charge in [-0.05, 0) is 32.3 Å². The van der Waals surface area contributed by atoms with Gasteiger partial charge in [0, 0.05) is 0 Å². The van der Waals surface area contributed by atoms with Crippen molar-refractivity contribution < 1.29 is 27.9 Å². The van der Waals surface area contributed by atoms with Crippen LogP contribution in [0.2, 0.25) is 0 Å². The number of amides is 1. The SMILES string of the molecule is CSCCC(NS(=O)(=O)NC(=O)OC(C)C)C(=O)O. The number of carboxylic acids is 1. The van der Waals surface area contributed by atoms with Gasteiger partial charge in [0.25, 0.3) is 0 Å². The second kappa shape index (κ2) is 8.23. The molecule has 112 valence electrons. The monoisotopic (exact) mass is 314 g/mol. The molecule has 0 aliphatic rings. The normalized spacial score (nSPS) is 13.1. The number of hydrogen-bond acceptors (Lipinski definition) is 6. The van der Waals surface area contributed by atoms with Crippen molar-refractivity contribution in [2.24, 2.45) is 0 Å². The Hall–Kier alpha value is -1.00. The number of rotatable bonds is 8. The molecule has 0 saturated carbocycles. The molecule has 8 nitrogen and oxygen atoms in total. The molecule has 0 radical (unpaired) electrons. The number of ether oxygens (including phenoxy) is 1. The van der Waals surface area contributed by atoms with E-state index in [9.17, 15) is 18.0 Å². The van der Waals surface area contributed by atoms with E-state index in [2.05, 4.69) is 4.74 Å². The minimum Gasteiger partial charge on any atom is -0.480 e. The van der Waals surface area contributed by atoms with Crippen LogP contribution in [0.4, 0.5) is 4.79 Å². The highest BCUT2D eigenvalue weighted by Crippen LogP contribution is 2.02. The Morgan fingerprint density at radius 1 is 1.37 bits per heavy atom. The summed E-state index contributed by atoms with van der Waals surface area (Å²) in [5, 5.41) is 8.86. The molecule has 0 rings (SSSR count). The third-order valence-corrected chi connectivity index (χ3v) is 3.44. The maximum absolute atomic E-state index is 11.5. The largest absolute Gasteiger partial charge is 0.480 e. The molecule has 0 fully saturated rings. The second-order valence-electron chi connectivity index (χ2n) is 3.85. The summed E-state index contributed by atoms with van der Waals surface area (Å²) in [6.45, 7) is 3.11. The van der Waals surface area contributed by atoms with Crippen molar-refractivity contribution in [1.29, 1.82) is 0 Å². The number of hydrogen-bond donors (Lipinski definition) is 3. The highest BCUT2D eigenvalue weighted by molar-refractivity contribution is 7.98. The average molecular weight is 314 g/mol. The highest BCUT2D eigenvalue weighted by atomic mass is 32.2. The first-order chi connectivity index (χ1) is 8.68. The average Bonchev–Trinajstić information content (AvgIpc) is 2.21. The summed E-state index contributed by atoms with van der Waals surface area (Å²) < 4.78 is 31.1. The minimum atomic E-state index is -4.27. The smallest absolute Gasteiger partial charge is 0.422 e. The third kappa shape index (κ3) is 8.67. The van der Waals surface area contributed by atoms with Crippen LogP contribution in [0.25, 0.3) is 0 Å². The summed E-state index contributed by atoms with van der Waals surface area (Å²) in [6, 6.07) is -1.29. The summed E-state index contributed by atoms with van der Waals surface area (Å²) in [4.78, 5) is 22.0. The Bertz CT molecular complexity index is 409. The van der Waals surface area contributed by atoms with Crippen LogP contribution in [0.3, 0.4) is 0 Å². The molecule has 0 heterocycles. The Morgan fingerprint density at radius 2 is 1.95 bits per heavy atom. The molecule has 0 bridgehead atoms. The fourth-order valence-electron chi connectivity index (χ4n) is 1.03. The van der Waals surface area contributed by atoms with Gasteiger partial charge in [-0.15, -0.1) is 0 Å². The number of thioether (sulfide) groups is 1.